The molecule has 0 bridgehead atoms. The van der Waals surface area contributed by atoms with Gasteiger partial charge in [-0.1, -0.05) is 35.0 Å². The Labute approximate surface area is 129 Å². The Morgan fingerprint density at radius 1 is 1.32 bits per heavy atom. The van der Waals surface area contributed by atoms with Gasteiger partial charge in [0.25, 0.3) is 0 Å². The molecule has 1 aromatic carbocycles. The zero-order chi connectivity index (χ0) is 15.4. The van der Waals surface area contributed by atoms with Crippen molar-refractivity contribution in [2.24, 2.45) is 5.41 Å². The zero-order valence-corrected chi connectivity index (χ0v) is 12.7. The number of hydrogen-bond donors (Lipinski definition) is 2. The summed E-state index contributed by atoms with van der Waals surface area (Å²) in [7, 11) is 0. The Hall–Kier alpha value is -1.92. The third-order valence-electron chi connectivity index (χ3n) is 4.18. The molecule has 1 atom stereocenters. The molecule has 2 heterocycles. The maximum absolute atomic E-state index is 9.23. The van der Waals surface area contributed by atoms with Gasteiger partial charge in [-0.3, -0.25) is 0 Å². The van der Waals surface area contributed by atoms with E-state index in [1.807, 2.05) is 31.2 Å². The molecule has 3 rings (SSSR count). The van der Waals surface area contributed by atoms with Crippen LogP contribution in [0.15, 0.2) is 28.8 Å². The molecule has 2 aromatic rings. The molecular weight excluding hydrogens is 282 g/mol. The fraction of sp³-hybridized carbons (Fsp3) is 0.500. The van der Waals surface area contributed by atoms with Crippen LogP contribution in [0, 0.1) is 12.3 Å². The van der Waals surface area contributed by atoms with Gasteiger partial charge in [0.1, 0.15) is 0 Å². The molecule has 0 spiro atoms. The van der Waals surface area contributed by atoms with E-state index in [-0.39, 0.29) is 12.0 Å². The zero-order valence-electron chi connectivity index (χ0n) is 12.7. The van der Waals surface area contributed by atoms with Crippen LogP contribution in [-0.4, -0.2) is 41.6 Å². The van der Waals surface area contributed by atoms with Crippen LogP contribution in [0.2, 0.25) is 0 Å². The van der Waals surface area contributed by atoms with Gasteiger partial charge < -0.3 is 19.7 Å². The van der Waals surface area contributed by atoms with Crippen LogP contribution in [-0.2, 0) is 4.74 Å². The van der Waals surface area contributed by atoms with Gasteiger partial charge in [0.15, 0.2) is 0 Å². The Kier molecular flexibility index (Phi) is 4.40. The summed E-state index contributed by atoms with van der Waals surface area (Å²) in [6, 6.07) is 8.39. The number of benzene rings is 1. The molecule has 1 fully saturated rings. The lowest BCUT2D eigenvalue weighted by Crippen LogP contribution is -2.31. The number of anilines is 1. The number of nitrogens with one attached hydrogen (secondary N) is 1. The van der Waals surface area contributed by atoms with Crippen LogP contribution < -0.4 is 5.32 Å². The normalized spacial score (nSPS) is 21.2. The highest BCUT2D eigenvalue weighted by atomic mass is 16.5. The highest BCUT2D eigenvalue weighted by Gasteiger charge is 2.34. The molecule has 0 amide bonds. The third kappa shape index (κ3) is 3.28. The number of aliphatic hydroxyl groups excluding tert-OH is 1. The van der Waals surface area contributed by atoms with Crippen molar-refractivity contribution in [3.63, 3.8) is 0 Å². The van der Waals surface area contributed by atoms with Crippen LogP contribution >= 0.6 is 0 Å². The highest BCUT2D eigenvalue weighted by molar-refractivity contribution is 5.55. The second kappa shape index (κ2) is 6.46. The molecule has 22 heavy (non-hydrogen) atoms. The molecule has 6 nitrogen and oxygen atoms in total. The largest absolute Gasteiger partial charge is 0.396 e. The topological polar surface area (TPSA) is 80.4 Å². The minimum Gasteiger partial charge on any atom is -0.396 e. The number of rotatable bonds is 6. The molecule has 1 saturated heterocycles. The summed E-state index contributed by atoms with van der Waals surface area (Å²) in [5.41, 5.74) is 2.07. The number of aliphatic hydroxyl groups is 1. The first kappa shape index (κ1) is 15.0. The SMILES string of the molecule is Cc1ccc(-c2noc(NC[C@@]3(CCO)CCOC3)n2)cc1. The van der Waals surface area contributed by atoms with Crippen LogP contribution in [0.4, 0.5) is 6.01 Å². The number of ether oxygens (including phenoxy) is 1. The van der Waals surface area contributed by atoms with E-state index in [2.05, 4.69) is 15.5 Å². The fourth-order valence-electron chi connectivity index (χ4n) is 2.69. The molecule has 0 radical (unpaired) electrons. The predicted octanol–water partition coefficient (Wildman–Crippen LogP) is 2.25. The molecule has 0 aliphatic carbocycles. The van der Waals surface area contributed by atoms with Gasteiger partial charge in [-0.25, -0.2) is 0 Å². The van der Waals surface area contributed by atoms with Crippen molar-refractivity contribution in [3.8, 4) is 11.4 Å². The summed E-state index contributed by atoms with van der Waals surface area (Å²) in [4.78, 5) is 4.37. The van der Waals surface area contributed by atoms with Crippen molar-refractivity contribution in [2.45, 2.75) is 19.8 Å². The van der Waals surface area contributed by atoms with Gasteiger partial charge in [0, 0.05) is 30.7 Å². The van der Waals surface area contributed by atoms with Crippen molar-refractivity contribution < 1.29 is 14.4 Å². The van der Waals surface area contributed by atoms with E-state index in [9.17, 15) is 5.11 Å². The lowest BCUT2D eigenvalue weighted by molar-refractivity contribution is 0.133. The second-order valence-corrected chi connectivity index (χ2v) is 5.92. The third-order valence-corrected chi connectivity index (χ3v) is 4.18. The minimum absolute atomic E-state index is 0.0484. The van der Waals surface area contributed by atoms with Crippen molar-refractivity contribution in [1.29, 1.82) is 0 Å². The van der Waals surface area contributed by atoms with Crippen LogP contribution in [0.5, 0.6) is 0 Å². The van der Waals surface area contributed by atoms with Gasteiger partial charge in [-0.2, -0.15) is 4.98 Å². The molecule has 0 unspecified atom stereocenters. The van der Waals surface area contributed by atoms with E-state index < -0.39 is 0 Å². The fourth-order valence-corrected chi connectivity index (χ4v) is 2.69. The first-order valence-corrected chi connectivity index (χ1v) is 7.54. The maximum Gasteiger partial charge on any atom is 0.321 e. The Bertz CT molecular complexity index is 603. The maximum atomic E-state index is 9.23. The van der Waals surface area contributed by atoms with Crippen LogP contribution in [0.1, 0.15) is 18.4 Å². The molecule has 118 valence electrons. The lowest BCUT2D eigenvalue weighted by Gasteiger charge is -2.25. The van der Waals surface area contributed by atoms with E-state index in [1.54, 1.807) is 0 Å². The van der Waals surface area contributed by atoms with E-state index in [4.69, 9.17) is 9.26 Å². The Balaban J connectivity index is 1.65. The number of aromatic nitrogens is 2. The van der Waals surface area contributed by atoms with Crippen LogP contribution in [0.3, 0.4) is 0 Å². The summed E-state index contributed by atoms with van der Waals surface area (Å²) in [5, 5.41) is 16.4. The van der Waals surface area contributed by atoms with Crippen molar-refractivity contribution in [3.05, 3.63) is 29.8 Å². The van der Waals surface area contributed by atoms with Gasteiger partial charge in [-0.05, 0) is 19.8 Å². The predicted molar refractivity (Wildman–Crippen MR) is 82.5 cm³/mol. The average molecular weight is 303 g/mol. The molecule has 2 N–H and O–H groups in total. The number of aryl methyl sites for hydroxylation is 1. The van der Waals surface area contributed by atoms with Crippen molar-refractivity contribution in [2.75, 3.05) is 31.7 Å². The van der Waals surface area contributed by atoms with E-state index in [0.29, 0.717) is 31.4 Å². The van der Waals surface area contributed by atoms with Gasteiger partial charge in [0.05, 0.1) is 6.61 Å². The summed E-state index contributed by atoms with van der Waals surface area (Å²) < 4.78 is 10.7. The first-order chi connectivity index (χ1) is 10.7. The quantitative estimate of drug-likeness (QED) is 0.852. The van der Waals surface area contributed by atoms with E-state index >= 15 is 0 Å². The van der Waals surface area contributed by atoms with Gasteiger partial charge in [-0.15, -0.1) is 0 Å². The highest BCUT2D eigenvalue weighted by Crippen LogP contribution is 2.32. The van der Waals surface area contributed by atoms with Crippen molar-refractivity contribution in [1.82, 2.24) is 10.1 Å². The first-order valence-electron chi connectivity index (χ1n) is 7.54. The number of nitrogens with zero attached hydrogens (tertiary/aromatic N) is 2. The standard InChI is InChI=1S/C16H21N3O3/c1-12-2-4-13(5-3-12)14-18-15(22-19-14)17-10-16(6-8-20)7-9-21-11-16/h2-5,20H,6-11H2,1H3,(H,17,18,19)/t16-/m1/s1. The van der Waals surface area contributed by atoms with Crippen LogP contribution in [0.25, 0.3) is 11.4 Å². The van der Waals surface area contributed by atoms with E-state index in [1.165, 1.54) is 5.56 Å². The molecular formula is C16H21N3O3. The lowest BCUT2D eigenvalue weighted by atomic mass is 9.84. The smallest absolute Gasteiger partial charge is 0.321 e. The summed E-state index contributed by atoms with van der Waals surface area (Å²) in [6.07, 6.45) is 1.64. The Morgan fingerprint density at radius 3 is 2.82 bits per heavy atom. The molecule has 0 saturated carbocycles. The van der Waals surface area contributed by atoms with Crippen molar-refractivity contribution >= 4 is 6.01 Å². The minimum atomic E-state index is -0.0484. The van der Waals surface area contributed by atoms with E-state index in [0.717, 1.165) is 18.6 Å². The van der Waals surface area contributed by atoms with Gasteiger partial charge >= 0.3 is 6.01 Å². The summed E-state index contributed by atoms with van der Waals surface area (Å²) in [5.74, 6) is 0.571. The molecule has 6 heteroatoms. The molecule has 1 aliphatic rings. The Morgan fingerprint density at radius 2 is 2.14 bits per heavy atom. The average Bonchev–Trinajstić information content (AvgIpc) is 3.16. The number of hydrogen-bond acceptors (Lipinski definition) is 6. The summed E-state index contributed by atoms with van der Waals surface area (Å²) in [6.45, 7) is 4.24. The second-order valence-electron chi connectivity index (χ2n) is 5.92. The summed E-state index contributed by atoms with van der Waals surface area (Å²) >= 11 is 0. The monoisotopic (exact) mass is 303 g/mol. The molecule has 1 aliphatic heterocycles. The van der Waals surface area contributed by atoms with Gasteiger partial charge in [0.2, 0.25) is 5.82 Å². The molecule has 1 aromatic heterocycles.